The molecule has 0 bridgehead atoms. The van der Waals surface area contributed by atoms with Gasteiger partial charge in [0.25, 0.3) is 11.7 Å². The van der Waals surface area contributed by atoms with Crippen LogP contribution in [0.25, 0.3) is 11.1 Å². The molecular weight excluding hydrogens is 358 g/mol. The Morgan fingerprint density at radius 3 is 2.69 bits per heavy atom. The lowest BCUT2D eigenvalue weighted by Crippen LogP contribution is -2.27. The Balaban J connectivity index is 1.57. The highest BCUT2D eigenvalue weighted by molar-refractivity contribution is 7.99. The van der Waals surface area contributed by atoms with Crippen molar-refractivity contribution in [2.75, 3.05) is 6.54 Å². The van der Waals surface area contributed by atoms with Gasteiger partial charge < -0.3 is 5.32 Å². The van der Waals surface area contributed by atoms with Gasteiger partial charge >= 0.3 is 0 Å². The number of alkyl halides is 2. The van der Waals surface area contributed by atoms with E-state index < -0.39 is 5.76 Å². The number of thioether (sulfide) groups is 1. The minimum atomic E-state index is -2.57. The number of aromatic nitrogens is 3. The van der Waals surface area contributed by atoms with Gasteiger partial charge in [0.15, 0.2) is 0 Å². The summed E-state index contributed by atoms with van der Waals surface area (Å²) in [6, 6.07) is 10.1. The highest BCUT2D eigenvalue weighted by atomic mass is 32.2. The highest BCUT2D eigenvalue weighted by Gasteiger charge is 2.14. The molecule has 134 valence electrons. The Morgan fingerprint density at radius 2 is 1.92 bits per heavy atom. The van der Waals surface area contributed by atoms with Gasteiger partial charge in [-0.2, -0.15) is 13.9 Å². The molecule has 0 aliphatic carbocycles. The molecule has 0 unspecified atom stereocenters. The van der Waals surface area contributed by atoms with E-state index >= 15 is 0 Å². The van der Waals surface area contributed by atoms with Gasteiger partial charge in [0.2, 0.25) is 0 Å². The first kappa shape index (κ1) is 18.1. The van der Waals surface area contributed by atoms with E-state index in [4.69, 9.17) is 0 Å². The monoisotopic (exact) mass is 374 g/mol. The topological polar surface area (TPSA) is 59.8 Å². The second-order valence-corrected chi connectivity index (χ2v) is 6.39. The lowest BCUT2D eigenvalue weighted by Gasteiger charge is -2.09. The standard InChI is InChI=1S/C18H16F2N4OS/c19-18(20)26-16-4-2-1-3-15(16)17(25)22-9-10-24-12-14(11-23-24)13-5-7-21-8-6-13/h1-8,11-12,18H,9-10H2,(H,22,25). The second kappa shape index (κ2) is 8.57. The number of carbonyl (C=O) groups is 1. The third kappa shape index (κ3) is 4.66. The summed E-state index contributed by atoms with van der Waals surface area (Å²) in [4.78, 5) is 16.5. The first-order valence-corrected chi connectivity index (χ1v) is 8.76. The number of hydrogen-bond acceptors (Lipinski definition) is 4. The Bertz CT molecular complexity index is 870. The van der Waals surface area contributed by atoms with Crippen LogP contribution in [0.1, 0.15) is 10.4 Å². The predicted octanol–water partition coefficient (Wildman–Crippen LogP) is 3.69. The van der Waals surface area contributed by atoms with Crippen molar-refractivity contribution < 1.29 is 13.6 Å². The van der Waals surface area contributed by atoms with Gasteiger partial charge in [-0.3, -0.25) is 14.5 Å². The average Bonchev–Trinajstić information content (AvgIpc) is 3.11. The zero-order valence-corrected chi connectivity index (χ0v) is 14.5. The van der Waals surface area contributed by atoms with Crippen LogP contribution in [0.3, 0.4) is 0 Å². The minimum absolute atomic E-state index is 0.246. The fraction of sp³-hybridized carbons (Fsp3) is 0.167. The maximum absolute atomic E-state index is 12.6. The Morgan fingerprint density at radius 1 is 1.15 bits per heavy atom. The van der Waals surface area contributed by atoms with Gasteiger partial charge in [0.1, 0.15) is 0 Å². The zero-order chi connectivity index (χ0) is 18.4. The summed E-state index contributed by atoms with van der Waals surface area (Å²) < 4.78 is 26.9. The van der Waals surface area contributed by atoms with E-state index in [-0.39, 0.29) is 16.4 Å². The van der Waals surface area contributed by atoms with Crippen LogP contribution in [0.2, 0.25) is 0 Å². The van der Waals surface area contributed by atoms with Crippen molar-refractivity contribution in [1.82, 2.24) is 20.1 Å². The first-order chi connectivity index (χ1) is 12.6. The van der Waals surface area contributed by atoms with Gasteiger partial charge in [-0.05, 0) is 29.8 Å². The van der Waals surface area contributed by atoms with Crippen LogP contribution in [-0.4, -0.2) is 33.0 Å². The number of amides is 1. The van der Waals surface area contributed by atoms with Crippen LogP contribution in [-0.2, 0) is 6.54 Å². The summed E-state index contributed by atoms with van der Waals surface area (Å²) in [6.07, 6.45) is 7.04. The molecule has 26 heavy (non-hydrogen) atoms. The maximum Gasteiger partial charge on any atom is 0.288 e. The molecular formula is C18H16F2N4OS. The molecule has 1 amide bonds. The van der Waals surface area contributed by atoms with Crippen LogP contribution in [0, 0.1) is 0 Å². The number of carbonyl (C=O) groups excluding carboxylic acids is 1. The average molecular weight is 374 g/mol. The van der Waals surface area contributed by atoms with Crippen molar-refractivity contribution >= 4 is 17.7 Å². The number of hydrogen-bond donors (Lipinski definition) is 1. The van der Waals surface area contributed by atoms with Crippen LogP contribution in [0.15, 0.2) is 66.1 Å². The van der Waals surface area contributed by atoms with Crippen molar-refractivity contribution in [3.05, 3.63) is 66.7 Å². The van der Waals surface area contributed by atoms with Crippen LogP contribution in [0.4, 0.5) is 8.78 Å². The number of rotatable bonds is 7. The summed E-state index contributed by atoms with van der Waals surface area (Å²) >= 11 is 0.367. The SMILES string of the molecule is O=C(NCCn1cc(-c2ccncc2)cn1)c1ccccc1SC(F)F. The molecule has 3 rings (SSSR count). The van der Waals surface area contributed by atoms with Gasteiger partial charge in [0.05, 0.1) is 18.3 Å². The molecule has 0 atom stereocenters. The molecule has 2 aromatic heterocycles. The number of pyridine rings is 1. The normalized spacial score (nSPS) is 10.9. The van der Waals surface area contributed by atoms with Crippen molar-refractivity contribution in [2.24, 2.45) is 0 Å². The molecule has 0 fully saturated rings. The van der Waals surface area contributed by atoms with Crippen LogP contribution >= 0.6 is 11.8 Å². The summed E-state index contributed by atoms with van der Waals surface area (Å²) in [5.41, 5.74) is 2.21. The smallest absolute Gasteiger partial charge is 0.288 e. The van der Waals surface area contributed by atoms with E-state index in [1.165, 1.54) is 12.1 Å². The second-order valence-electron chi connectivity index (χ2n) is 5.36. The third-order valence-electron chi connectivity index (χ3n) is 3.62. The number of nitrogens with one attached hydrogen (secondary N) is 1. The molecule has 3 aromatic rings. The first-order valence-electron chi connectivity index (χ1n) is 7.88. The van der Waals surface area contributed by atoms with Gasteiger partial charge in [-0.1, -0.05) is 23.9 Å². The fourth-order valence-corrected chi connectivity index (χ4v) is 3.05. The Hall–Kier alpha value is -2.74. The lowest BCUT2D eigenvalue weighted by atomic mass is 10.1. The fourth-order valence-electron chi connectivity index (χ4n) is 2.41. The maximum atomic E-state index is 12.6. The van der Waals surface area contributed by atoms with Gasteiger partial charge in [-0.15, -0.1) is 0 Å². The van der Waals surface area contributed by atoms with E-state index in [0.717, 1.165) is 11.1 Å². The molecule has 0 saturated carbocycles. The number of benzene rings is 1. The zero-order valence-electron chi connectivity index (χ0n) is 13.7. The highest BCUT2D eigenvalue weighted by Crippen LogP contribution is 2.28. The van der Waals surface area contributed by atoms with Crippen molar-refractivity contribution in [1.29, 1.82) is 0 Å². The minimum Gasteiger partial charge on any atom is -0.350 e. The molecule has 5 nitrogen and oxygen atoms in total. The summed E-state index contributed by atoms with van der Waals surface area (Å²) in [7, 11) is 0. The molecule has 2 heterocycles. The lowest BCUT2D eigenvalue weighted by molar-refractivity contribution is 0.0949. The van der Waals surface area contributed by atoms with E-state index in [1.54, 1.807) is 35.4 Å². The van der Waals surface area contributed by atoms with Crippen LogP contribution < -0.4 is 5.32 Å². The Kier molecular flexibility index (Phi) is 5.96. The van der Waals surface area contributed by atoms with Crippen LogP contribution in [0.5, 0.6) is 0 Å². The van der Waals surface area contributed by atoms with Gasteiger partial charge in [-0.25, -0.2) is 0 Å². The van der Waals surface area contributed by atoms with E-state index in [2.05, 4.69) is 15.4 Å². The van der Waals surface area contributed by atoms with Crippen molar-refractivity contribution in [3.63, 3.8) is 0 Å². The third-order valence-corrected chi connectivity index (χ3v) is 4.41. The molecule has 0 aliphatic heterocycles. The van der Waals surface area contributed by atoms with E-state index in [0.29, 0.717) is 24.9 Å². The molecule has 0 spiro atoms. The predicted molar refractivity (Wildman–Crippen MR) is 96.1 cm³/mol. The van der Waals surface area contributed by atoms with Gasteiger partial charge in [0, 0.05) is 35.6 Å². The number of halogens is 2. The molecule has 8 heteroatoms. The summed E-state index contributed by atoms with van der Waals surface area (Å²) in [5.74, 6) is -2.95. The molecule has 1 aromatic carbocycles. The quantitative estimate of drug-likeness (QED) is 0.641. The summed E-state index contributed by atoms with van der Waals surface area (Å²) in [6.45, 7) is 0.810. The number of nitrogens with zero attached hydrogens (tertiary/aromatic N) is 3. The largest absolute Gasteiger partial charge is 0.350 e. The molecule has 0 saturated heterocycles. The Labute approximate surface area is 153 Å². The van der Waals surface area contributed by atoms with Crippen molar-refractivity contribution in [2.45, 2.75) is 17.2 Å². The molecule has 0 radical (unpaired) electrons. The molecule has 1 N–H and O–H groups in total. The van der Waals surface area contributed by atoms with E-state index in [1.807, 2.05) is 18.3 Å². The van der Waals surface area contributed by atoms with E-state index in [9.17, 15) is 13.6 Å². The molecule has 0 aliphatic rings. The summed E-state index contributed by atoms with van der Waals surface area (Å²) in [5, 5.41) is 7.00. The van der Waals surface area contributed by atoms with Crippen molar-refractivity contribution in [3.8, 4) is 11.1 Å².